The Kier molecular flexibility index (Phi) is 4.52. The molecule has 1 spiro atoms. The van der Waals surface area contributed by atoms with Gasteiger partial charge >= 0.3 is 0 Å². The predicted octanol–water partition coefficient (Wildman–Crippen LogP) is 3.17. The number of hydrogen-bond acceptors (Lipinski definition) is 3. The Bertz CT molecular complexity index is 689. The smallest absolute Gasteiger partial charge is 0.226 e. The van der Waals surface area contributed by atoms with E-state index < -0.39 is 0 Å². The van der Waals surface area contributed by atoms with Gasteiger partial charge in [-0.15, -0.1) is 0 Å². The molecule has 1 aromatic carbocycles. The van der Waals surface area contributed by atoms with Gasteiger partial charge in [0.05, 0.1) is 11.6 Å². The lowest BCUT2D eigenvalue weighted by molar-refractivity contribution is -0.137. The largest absolute Gasteiger partial charge is 0.342 e. The van der Waals surface area contributed by atoms with E-state index in [4.69, 9.17) is 5.26 Å². The standard InChI is InChI=1S/C21H27N3O/c22-14-17-5-3-6-18(13-17)15-23-12-9-21(16-23)8-4-7-19(21)20(25)24-10-1-2-11-24/h3,5-6,13,19H,1-2,4,7-12,15-16H2/t19-,21+/m1/s1. The summed E-state index contributed by atoms with van der Waals surface area (Å²) < 4.78 is 0. The van der Waals surface area contributed by atoms with Gasteiger partial charge in [-0.25, -0.2) is 0 Å². The van der Waals surface area contributed by atoms with Crippen LogP contribution in [-0.4, -0.2) is 41.9 Å². The van der Waals surface area contributed by atoms with Crippen LogP contribution in [0.2, 0.25) is 0 Å². The molecule has 2 atom stereocenters. The molecule has 0 bridgehead atoms. The first kappa shape index (κ1) is 16.6. The highest BCUT2D eigenvalue weighted by molar-refractivity contribution is 5.80. The minimum absolute atomic E-state index is 0.201. The van der Waals surface area contributed by atoms with Gasteiger partial charge in [0, 0.05) is 32.1 Å². The monoisotopic (exact) mass is 337 g/mol. The van der Waals surface area contributed by atoms with Crippen LogP contribution in [0.5, 0.6) is 0 Å². The van der Waals surface area contributed by atoms with Gasteiger partial charge in [0.1, 0.15) is 0 Å². The summed E-state index contributed by atoms with van der Waals surface area (Å²) in [5.74, 6) is 0.671. The lowest BCUT2D eigenvalue weighted by atomic mass is 9.76. The number of amides is 1. The summed E-state index contributed by atoms with van der Waals surface area (Å²) in [6, 6.07) is 10.1. The maximum absolute atomic E-state index is 13.0. The highest BCUT2D eigenvalue weighted by Crippen LogP contribution is 2.50. The molecule has 0 N–H and O–H groups in total. The molecule has 1 amide bonds. The van der Waals surface area contributed by atoms with E-state index in [9.17, 15) is 4.79 Å². The van der Waals surface area contributed by atoms with E-state index in [1.165, 1.54) is 31.2 Å². The van der Waals surface area contributed by atoms with Crippen molar-refractivity contribution in [3.8, 4) is 6.07 Å². The minimum Gasteiger partial charge on any atom is -0.342 e. The summed E-state index contributed by atoms with van der Waals surface area (Å²) in [6.07, 6.45) is 6.97. The molecule has 1 saturated carbocycles. The van der Waals surface area contributed by atoms with E-state index in [0.29, 0.717) is 5.91 Å². The third kappa shape index (κ3) is 3.18. The maximum atomic E-state index is 13.0. The molecule has 3 aliphatic rings. The first-order valence-electron chi connectivity index (χ1n) is 9.70. The normalized spacial score (nSPS) is 29.4. The van der Waals surface area contributed by atoms with Gasteiger partial charge in [0.25, 0.3) is 0 Å². The third-order valence-corrected chi connectivity index (χ3v) is 6.55. The Hall–Kier alpha value is -1.86. The van der Waals surface area contributed by atoms with Crippen LogP contribution in [0.3, 0.4) is 0 Å². The molecule has 4 nitrogen and oxygen atoms in total. The van der Waals surface area contributed by atoms with Gasteiger partial charge in [-0.2, -0.15) is 5.26 Å². The summed E-state index contributed by atoms with van der Waals surface area (Å²) in [6.45, 7) is 4.93. The van der Waals surface area contributed by atoms with Gasteiger partial charge in [-0.1, -0.05) is 18.6 Å². The highest BCUT2D eigenvalue weighted by atomic mass is 16.2. The second kappa shape index (κ2) is 6.80. The number of benzene rings is 1. The molecular weight excluding hydrogens is 310 g/mol. The van der Waals surface area contributed by atoms with Crippen molar-refractivity contribution >= 4 is 5.91 Å². The van der Waals surface area contributed by atoms with Crippen LogP contribution >= 0.6 is 0 Å². The molecular formula is C21H27N3O. The van der Waals surface area contributed by atoms with Crippen molar-refractivity contribution in [3.05, 3.63) is 35.4 Å². The Labute approximate surface area is 150 Å². The molecule has 2 heterocycles. The van der Waals surface area contributed by atoms with Gasteiger partial charge < -0.3 is 4.90 Å². The molecule has 132 valence electrons. The van der Waals surface area contributed by atoms with Gasteiger partial charge in [0.15, 0.2) is 0 Å². The fraction of sp³-hybridized carbons (Fsp3) is 0.619. The van der Waals surface area contributed by atoms with Crippen molar-refractivity contribution in [2.45, 2.75) is 45.1 Å². The molecule has 0 radical (unpaired) electrons. The fourth-order valence-electron chi connectivity index (χ4n) is 5.29. The predicted molar refractivity (Wildman–Crippen MR) is 96.6 cm³/mol. The van der Waals surface area contributed by atoms with Crippen LogP contribution in [0, 0.1) is 22.7 Å². The average molecular weight is 337 g/mol. The molecule has 25 heavy (non-hydrogen) atoms. The number of carbonyl (C=O) groups excluding carboxylic acids is 1. The van der Waals surface area contributed by atoms with E-state index in [2.05, 4.69) is 21.9 Å². The zero-order chi connectivity index (χ0) is 17.3. The zero-order valence-corrected chi connectivity index (χ0v) is 14.9. The number of likely N-dealkylation sites (tertiary alicyclic amines) is 2. The van der Waals surface area contributed by atoms with E-state index in [0.717, 1.165) is 51.1 Å². The van der Waals surface area contributed by atoms with Crippen LogP contribution < -0.4 is 0 Å². The summed E-state index contributed by atoms with van der Waals surface area (Å²) >= 11 is 0. The first-order valence-corrected chi connectivity index (χ1v) is 9.70. The second-order valence-corrected chi connectivity index (χ2v) is 8.11. The molecule has 1 aliphatic carbocycles. The Morgan fingerprint density at radius 3 is 2.84 bits per heavy atom. The average Bonchev–Trinajstić information content (AvgIpc) is 3.37. The summed E-state index contributed by atoms with van der Waals surface area (Å²) in [5, 5.41) is 9.08. The molecule has 1 aromatic rings. The SMILES string of the molecule is N#Cc1cccc(CN2CC[C@@]3(CCC[C@@H]3C(=O)N3CCCC3)C2)c1. The van der Waals surface area contributed by atoms with Crippen molar-refractivity contribution in [1.29, 1.82) is 5.26 Å². The fourth-order valence-corrected chi connectivity index (χ4v) is 5.29. The van der Waals surface area contributed by atoms with Crippen LogP contribution in [0.1, 0.15) is 49.7 Å². The van der Waals surface area contributed by atoms with Crippen LogP contribution in [-0.2, 0) is 11.3 Å². The van der Waals surface area contributed by atoms with Crippen molar-refractivity contribution in [2.75, 3.05) is 26.2 Å². The van der Waals surface area contributed by atoms with Crippen molar-refractivity contribution in [3.63, 3.8) is 0 Å². The second-order valence-electron chi connectivity index (χ2n) is 8.11. The first-order chi connectivity index (χ1) is 12.2. The quantitative estimate of drug-likeness (QED) is 0.851. The van der Waals surface area contributed by atoms with E-state index >= 15 is 0 Å². The van der Waals surface area contributed by atoms with Gasteiger partial charge in [0.2, 0.25) is 5.91 Å². The van der Waals surface area contributed by atoms with E-state index in [-0.39, 0.29) is 11.3 Å². The molecule has 4 rings (SSSR count). The zero-order valence-electron chi connectivity index (χ0n) is 14.9. The number of rotatable bonds is 3. The van der Waals surface area contributed by atoms with Crippen molar-refractivity contribution < 1.29 is 4.79 Å². The number of hydrogen-bond donors (Lipinski definition) is 0. The Morgan fingerprint density at radius 1 is 1.20 bits per heavy atom. The number of carbonyl (C=O) groups is 1. The maximum Gasteiger partial charge on any atom is 0.226 e. The molecule has 2 aliphatic heterocycles. The van der Waals surface area contributed by atoms with Crippen LogP contribution in [0.15, 0.2) is 24.3 Å². The van der Waals surface area contributed by atoms with Crippen molar-refractivity contribution in [1.82, 2.24) is 9.80 Å². The third-order valence-electron chi connectivity index (χ3n) is 6.55. The number of nitriles is 1. The van der Waals surface area contributed by atoms with Gasteiger partial charge in [-0.05, 0) is 61.8 Å². The van der Waals surface area contributed by atoms with Crippen LogP contribution in [0.4, 0.5) is 0 Å². The minimum atomic E-state index is 0.201. The lowest BCUT2D eigenvalue weighted by Gasteiger charge is -2.33. The van der Waals surface area contributed by atoms with E-state index in [1.807, 2.05) is 18.2 Å². The molecule has 0 aromatic heterocycles. The van der Waals surface area contributed by atoms with E-state index in [1.54, 1.807) is 0 Å². The van der Waals surface area contributed by atoms with Gasteiger partial charge in [-0.3, -0.25) is 9.69 Å². The van der Waals surface area contributed by atoms with Crippen LogP contribution in [0.25, 0.3) is 0 Å². The van der Waals surface area contributed by atoms with Crippen molar-refractivity contribution in [2.24, 2.45) is 11.3 Å². The molecule has 4 heteroatoms. The summed E-state index contributed by atoms with van der Waals surface area (Å²) in [4.78, 5) is 17.6. The summed E-state index contributed by atoms with van der Waals surface area (Å²) in [7, 11) is 0. The molecule has 3 fully saturated rings. The Balaban J connectivity index is 1.44. The molecule has 2 saturated heterocycles. The number of nitrogens with zero attached hydrogens (tertiary/aromatic N) is 3. The molecule has 0 unspecified atom stereocenters. The summed E-state index contributed by atoms with van der Waals surface area (Å²) in [5.41, 5.74) is 2.14. The highest BCUT2D eigenvalue weighted by Gasteiger charge is 2.51. The Morgan fingerprint density at radius 2 is 2.04 bits per heavy atom. The topological polar surface area (TPSA) is 47.3 Å². The lowest BCUT2D eigenvalue weighted by Crippen LogP contribution is -2.42.